The Morgan fingerprint density at radius 1 is 1.39 bits per heavy atom. The molecular formula is C17H26N2O3S. The summed E-state index contributed by atoms with van der Waals surface area (Å²) in [7, 11) is 0. The fourth-order valence-electron chi connectivity index (χ4n) is 2.73. The first-order valence-corrected chi connectivity index (χ1v) is 9.08. The largest absolute Gasteiger partial charge is 0.462 e. The fourth-order valence-corrected chi connectivity index (χ4v) is 4.14. The normalized spacial score (nSPS) is 17.0. The molecule has 1 amide bonds. The number of nitrogens with one attached hydrogen (secondary N) is 2. The van der Waals surface area contributed by atoms with Crippen molar-refractivity contribution in [3.63, 3.8) is 0 Å². The lowest BCUT2D eigenvalue weighted by molar-refractivity contribution is -0.115. The van der Waals surface area contributed by atoms with Gasteiger partial charge in [0.2, 0.25) is 5.91 Å². The second-order valence-corrected chi connectivity index (χ2v) is 7.47. The van der Waals surface area contributed by atoms with E-state index in [0.717, 1.165) is 24.8 Å². The first-order chi connectivity index (χ1) is 10.9. The molecule has 1 aromatic heterocycles. The van der Waals surface area contributed by atoms with E-state index < -0.39 is 0 Å². The molecule has 128 valence electrons. The number of anilines is 1. The molecule has 1 heterocycles. The van der Waals surface area contributed by atoms with Crippen molar-refractivity contribution in [2.24, 2.45) is 5.92 Å². The molecule has 1 atom stereocenters. The van der Waals surface area contributed by atoms with Crippen molar-refractivity contribution < 1.29 is 14.3 Å². The molecule has 0 aromatic carbocycles. The van der Waals surface area contributed by atoms with Gasteiger partial charge in [-0.25, -0.2) is 4.79 Å². The van der Waals surface area contributed by atoms with Gasteiger partial charge in [-0.2, -0.15) is 0 Å². The van der Waals surface area contributed by atoms with Gasteiger partial charge in [0.25, 0.3) is 0 Å². The highest BCUT2D eigenvalue weighted by molar-refractivity contribution is 7.17. The number of hydrogen-bond acceptors (Lipinski definition) is 5. The van der Waals surface area contributed by atoms with Gasteiger partial charge in [-0.05, 0) is 37.7 Å². The van der Waals surface area contributed by atoms with Crippen LogP contribution in [0.4, 0.5) is 5.00 Å². The van der Waals surface area contributed by atoms with Crippen molar-refractivity contribution >= 4 is 28.2 Å². The summed E-state index contributed by atoms with van der Waals surface area (Å²) in [4.78, 5) is 25.7. The van der Waals surface area contributed by atoms with Gasteiger partial charge in [-0.1, -0.05) is 20.8 Å². The van der Waals surface area contributed by atoms with Gasteiger partial charge in [0, 0.05) is 10.9 Å². The minimum atomic E-state index is -0.327. The Kier molecular flexibility index (Phi) is 6.18. The fraction of sp³-hybridized carbons (Fsp3) is 0.647. The van der Waals surface area contributed by atoms with E-state index >= 15 is 0 Å². The van der Waals surface area contributed by atoms with E-state index in [4.69, 9.17) is 4.74 Å². The summed E-state index contributed by atoms with van der Waals surface area (Å²) >= 11 is 1.52. The molecule has 1 aliphatic carbocycles. The Labute approximate surface area is 141 Å². The average Bonchev–Trinajstić information content (AvgIpc) is 2.82. The number of hydrogen-bond donors (Lipinski definition) is 2. The van der Waals surface area contributed by atoms with Gasteiger partial charge in [-0.3, -0.25) is 4.79 Å². The van der Waals surface area contributed by atoms with Crippen molar-refractivity contribution in [2.75, 3.05) is 18.5 Å². The topological polar surface area (TPSA) is 67.4 Å². The standard InChI is InChI=1S/C17H26N2O3S/c1-5-22-17(21)15-12-7-6-11(4)8-13(12)23-16(15)19-14(20)9-18-10(2)3/h10-11,18H,5-9H2,1-4H3,(H,19,20)/t11-/m1/s1. The number of fused-ring (bicyclic) bond motifs is 1. The van der Waals surface area contributed by atoms with Crippen molar-refractivity contribution in [2.45, 2.75) is 53.0 Å². The highest BCUT2D eigenvalue weighted by Gasteiger charge is 2.29. The molecule has 2 rings (SSSR count). The number of amides is 1. The first kappa shape index (κ1) is 17.9. The van der Waals surface area contributed by atoms with Crippen LogP contribution >= 0.6 is 11.3 Å². The van der Waals surface area contributed by atoms with E-state index in [-0.39, 0.29) is 24.5 Å². The molecule has 0 saturated heterocycles. The summed E-state index contributed by atoms with van der Waals surface area (Å²) in [5, 5.41) is 6.62. The quantitative estimate of drug-likeness (QED) is 0.783. The third-order valence-electron chi connectivity index (χ3n) is 3.92. The maximum atomic E-state index is 12.3. The van der Waals surface area contributed by atoms with Gasteiger partial charge in [0.1, 0.15) is 5.00 Å². The Bertz CT molecular complexity index is 581. The predicted octanol–water partition coefficient (Wildman–Crippen LogP) is 2.99. The van der Waals surface area contributed by atoms with Crippen LogP contribution in [-0.4, -0.2) is 31.1 Å². The highest BCUT2D eigenvalue weighted by atomic mass is 32.1. The monoisotopic (exact) mass is 338 g/mol. The zero-order chi connectivity index (χ0) is 17.0. The van der Waals surface area contributed by atoms with Crippen LogP contribution in [-0.2, 0) is 22.4 Å². The van der Waals surface area contributed by atoms with Crippen LogP contribution in [0.1, 0.15) is 54.9 Å². The van der Waals surface area contributed by atoms with Gasteiger partial charge in [0.15, 0.2) is 0 Å². The third kappa shape index (κ3) is 4.54. The molecule has 0 unspecified atom stereocenters. The Balaban J connectivity index is 2.23. The maximum absolute atomic E-state index is 12.3. The van der Waals surface area contributed by atoms with Crippen molar-refractivity contribution in [1.82, 2.24) is 5.32 Å². The van der Waals surface area contributed by atoms with Crippen LogP contribution in [0.2, 0.25) is 0 Å². The molecule has 2 N–H and O–H groups in total. The molecule has 23 heavy (non-hydrogen) atoms. The number of thiophene rings is 1. The summed E-state index contributed by atoms with van der Waals surface area (Å²) in [5.74, 6) is 0.157. The molecule has 0 fully saturated rings. The lowest BCUT2D eigenvalue weighted by Gasteiger charge is -2.18. The molecule has 0 aliphatic heterocycles. The molecule has 1 aliphatic rings. The first-order valence-electron chi connectivity index (χ1n) is 8.27. The van der Waals surface area contributed by atoms with Crippen molar-refractivity contribution in [3.05, 3.63) is 16.0 Å². The number of ether oxygens (including phenoxy) is 1. The van der Waals surface area contributed by atoms with Crippen LogP contribution in [0.15, 0.2) is 0 Å². The van der Waals surface area contributed by atoms with E-state index in [1.54, 1.807) is 6.92 Å². The van der Waals surface area contributed by atoms with Gasteiger partial charge in [-0.15, -0.1) is 11.3 Å². The number of esters is 1. The smallest absolute Gasteiger partial charge is 0.341 e. The van der Waals surface area contributed by atoms with E-state index in [9.17, 15) is 9.59 Å². The summed E-state index contributed by atoms with van der Waals surface area (Å²) in [6.07, 6.45) is 2.91. The summed E-state index contributed by atoms with van der Waals surface area (Å²) < 4.78 is 5.20. The zero-order valence-electron chi connectivity index (χ0n) is 14.3. The Morgan fingerprint density at radius 2 is 2.13 bits per heavy atom. The highest BCUT2D eigenvalue weighted by Crippen LogP contribution is 2.40. The van der Waals surface area contributed by atoms with E-state index in [2.05, 4.69) is 17.6 Å². The van der Waals surface area contributed by atoms with E-state index in [1.807, 2.05) is 13.8 Å². The SMILES string of the molecule is CCOC(=O)c1c(NC(=O)CNC(C)C)sc2c1CC[C@@H](C)C2. The second kappa shape index (κ2) is 7.93. The minimum Gasteiger partial charge on any atom is -0.462 e. The van der Waals surface area contributed by atoms with Crippen LogP contribution in [0, 0.1) is 5.92 Å². The number of carbonyl (C=O) groups excluding carboxylic acids is 2. The molecule has 5 nitrogen and oxygen atoms in total. The van der Waals surface area contributed by atoms with Crippen LogP contribution < -0.4 is 10.6 Å². The molecule has 0 saturated carbocycles. The summed E-state index contributed by atoms with van der Waals surface area (Å²) in [6.45, 7) is 8.56. The zero-order valence-corrected chi connectivity index (χ0v) is 15.1. The van der Waals surface area contributed by atoms with Crippen LogP contribution in [0.25, 0.3) is 0 Å². The number of rotatable bonds is 6. The summed E-state index contributed by atoms with van der Waals surface area (Å²) in [6, 6.07) is 0.239. The second-order valence-electron chi connectivity index (χ2n) is 6.36. The van der Waals surface area contributed by atoms with E-state index in [0.29, 0.717) is 23.1 Å². The van der Waals surface area contributed by atoms with Crippen molar-refractivity contribution in [1.29, 1.82) is 0 Å². The van der Waals surface area contributed by atoms with Gasteiger partial charge in [0.05, 0.1) is 18.7 Å². The van der Waals surface area contributed by atoms with Crippen molar-refractivity contribution in [3.8, 4) is 0 Å². The Morgan fingerprint density at radius 3 is 2.78 bits per heavy atom. The maximum Gasteiger partial charge on any atom is 0.341 e. The van der Waals surface area contributed by atoms with Crippen LogP contribution in [0.3, 0.4) is 0 Å². The Hall–Kier alpha value is -1.40. The summed E-state index contributed by atoms with van der Waals surface area (Å²) in [5.41, 5.74) is 1.63. The molecule has 0 radical (unpaired) electrons. The van der Waals surface area contributed by atoms with E-state index in [1.165, 1.54) is 16.2 Å². The number of carbonyl (C=O) groups is 2. The molecule has 6 heteroatoms. The predicted molar refractivity (Wildman–Crippen MR) is 93.2 cm³/mol. The molecular weight excluding hydrogens is 312 g/mol. The molecule has 0 bridgehead atoms. The molecule has 1 aromatic rings. The van der Waals surface area contributed by atoms with Crippen LogP contribution in [0.5, 0.6) is 0 Å². The average molecular weight is 338 g/mol. The van der Waals surface area contributed by atoms with Gasteiger partial charge < -0.3 is 15.4 Å². The minimum absolute atomic E-state index is 0.129. The third-order valence-corrected chi connectivity index (χ3v) is 5.08. The molecule has 0 spiro atoms. The van der Waals surface area contributed by atoms with Gasteiger partial charge >= 0.3 is 5.97 Å². The lowest BCUT2D eigenvalue weighted by Crippen LogP contribution is -2.32. The lowest BCUT2D eigenvalue weighted by atomic mass is 9.88.